The molecule has 0 radical (unpaired) electrons. The van der Waals surface area contributed by atoms with Crippen LogP contribution in [0.4, 0.5) is 0 Å². The van der Waals surface area contributed by atoms with Gasteiger partial charge in [0.1, 0.15) is 24.0 Å². The number of aryl methyl sites for hydroxylation is 1. The second kappa shape index (κ2) is 23.2. The predicted molar refractivity (Wildman–Crippen MR) is 235 cm³/mol. The van der Waals surface area contributed by atoms with E-state index in [1.54, 1.807) is 33.4 Å². The Labute approximate surface area is 374 Å². The molecule has 14 heteroatoms. The maximum atomic E-state index is 14.5. The average Bonchev–Trinajstić information content (AvgIpc) is 3.27. The van der Waals surface area contributed by atoms with Crippen LogP contribution >= 0.6 is 0 Å². The number of hydrogen-bond acceptors (Lipinski definition) is 13. The van der Waals surface area contributed by atoms with Crippen molar-refractivity contribution >= 4 is 23.4 Å². The van der Waals surface area contributed by atoms with Gasteiger partial charge in [-0.3, -0.25) is 19.4 Å². The zero-order chi connectivity index (χ0) is 46.0. The van der Waals surface area contributed by atoms with Gasteiger partial charge in [0.25, 0.3) is 11.7 Å². The molecule has 2 unspecified atom stereocenters. The summed E-state index contributed by atoms with van der Waals surface area (Å²) in [7, 11) is 4.64. The van der Waals surface area contributed by atoms with E-state index in [4.69, 9.17) is 23.7 Å². The summed E-state index contributed by atoms with van der Waals surface area (Å²) in [6.07, 6.45) is 8.48. The molecule has 4 aliphatic rings. The van der Waals surface area contributed by atoms with Gasteiger partial charge in [-0.1, -0.05) is 38.5 Å². The molecular formula is C49H74N2O12. The summed E-state index contributed by atoms with van der Waals surface area (Å²) in [5, 5.41) is 34.6. The predicted octanol–water partition coefficient (Wildman–Crippen LogP) is 5.48. The topological polar surface area (TPSA) is 191 Å². The minimum absolute atomic E-state index is 0.00348. The molecule has 14 atom stereocenters. The van der Waals surface area contributed by atoms with Crippen molar-refractivity contribution in [3.8, 4) is 0 Å². The molecule has 1 aromatic heterocycles. The monoisotopic (exact) mass is 883 g/mol. The van der Waals surface area contributed by atoms with Gasteiger partial charge in [0.2, 0.25) is 5.79 Å². The molecule has 0 spiro atoms. The van der Waals surface area contributed by atoms with Gasteiger partial charge in [-0.05, 0) is 126 Å². The van der Waals surface area contributed by atoms with Gasteiger partial charge in [0, 0.05) is 64.4 Å². The summed E-state index contributed by atoms with van der Waals surface area (Å²) >= 11 is 0. The molecule has 352 valence electrons. The van der Waals surface area contributed by atoms with Gasteiger partial charge < -0.3 is 43.9 Å². The minimum atomic E-state index is -2.52. The molecule has 1 amide bonds. The average molecular weight is 883 g/mol. The van der Waals surface area contributed by atoms with Crippen LogP contribution in [0.2, 0.25) is 0 Å². The van der Waals surface area contributed by atoms with Crippen LogP contribution in [0.3, 0.4) is 0 Å². The zero-order valence-electron chi connectivity index (χ0n) is 38.8. The molecule has 5 rings (SSSR count). The number of aliphatic hydroxyl groups excluding tert-OH is 2. The van der Waals surface area contributed by atoms with Gasteiger partial charge in [-0.2, -0.15) is 0 Å². The molecule has 4 heterocycles. The highest BCUT2D eigenvalue weighted by molar-refractivity contribution is 6.39. The number of ether oxygens (including phenoxy) is 5. The normalized spacial score (nSPS) is 38.2. The highest BCUT2D eigenvalue weighted by Crippen LogP contribution is 2.39. The Hall–Kier alpha value is -3.37. The van der Waals surface area contributed by atoms with Crippen LogP contribution in [-0.2, 0) is 49.3 Å². The number of cyclic esters (lactones) is 1. The van der Waals surface area contributed by atoms with E-state index >= 15 is 0 Å². The van der Waals surface area contributed by atoms with Crippen LogP contribution in [0.1, 0.15) is 117 Å². The Kier molecular flexibility index (Phi) is 18.6. The molecular weight excluding hydrogens is 809 g/mol. The second-order valence-electron chi connectivity index (χ2n) is 19.0. The Morgan fingerprint density at radius 1 is 0.905 bits per heavy atom. The molecule has 1 saturated carbocycles. The number of nitrogens with zero attached hydrogens (tertiary/aromatic N) is 2. The molecule has 1 aromatic rings. The molecule has 1 aliphatic carbocycles. The standard InChI is InChI=1S/C49H74N2O12/c1-29-22-30(2)24-42(60-7)45-43(61-8)26-32(4)49(58,63-45)46(55)47(56)51-21-10-9-14-37(51)48(57)62-44(31(3)25-35-15-16-38(52)41(27-35)59-6)33(5)39(53)28-40(54)36(23-29)13-11-12-34-17-19-50-20-18-34/h17-20,23,25,30,32-33,35-39,41-45,52-53,58H,9-16,21-22,24,26-28H2,1-8H3/b29-23+,31-25+/t30-,32+,33+,35-,36+,37-,38+,39-,41+,42?,43?,44+,45+,49+/m0/s1. The Bertz CT molecular complexity index is 1750. The lowest BCUT2D eigenvalue weighted by molar-refractivity contribution is -0.302. The van der Waals surface area contributed by atoms with Crippen LogP contribution < -0.4 is 0 Å². The van der Waals surface area contributed by atoms with Crippen molar-refractivity contribution in [2.24, 2.45) is 29.6 Å². The Morgan fingerprint density at radius 3 is 2.27 bits per heavy atom. The first-order chi connectivity index (χ1) is 30.0. The van der Waals surface area contributed by atoms with E-state index in [9.17, 15) is 34.5 Å². The number of rotatable bonds is 9. The second-order valence-corrected chi connectivity index (χ2v) is 19.0. The van der Waals surface area contributed by atoms with Crippen molar-refractivity contribution in [3.05, 3.63) is 53.4 Å². The van der Waals surface area contributed by atoms with Crippen molar-refractivity contribution < 1.29 is 58.2 Å². The summed E-state index contributed by atoms with van der Waals surface area (Å²) in [4.78, 5) is 62.8. The smallest absolute Gasteiger partial charge is 0.329 e. The van der Waals surface area contributed by atoms with E-state index < -0.39 is 83.9 Å². The number of fused-ring (bicyclic) bond motifs is 3. The van der Waals surface area contributed by atoms with Crippen molar-refractivity contribution in [2.45, 2.75) is 173 Å². The maximum absolute atomic E-state index is 14.5. The number of carbonyl (C=O) groups excluding carboxylic acids is 4. The number of esters is 1. The minimum Gasteiger partial charge on any atom is -0.456 e. The Morgan fingerprint density at radius 2 is 1.59 bits per heavy atom. The number of amides is 1. The molecule has 3 N–H and O–H groups in total. The fourth-order valence-corrected chi connectivity index (χ4v) is 10.4. The number of hydrogen-bond donors (Lipinski definition) is 3. The van der Waals surface area contributed by atoms with Gasteiger partial charge >= 0.3 is 5.97 Å². The number of allylic oxidation sites excluding steroid dienone is 3. The summed E-state index contributed by atoms with van der Waals surface area (Å²) in [6, 6.07) is 2.78. The SMILES string of the molecule is COC1C[C@@H](C)C/C(C)=C/[C@@H](CCCc2ccncc2)C(=O)C[C@H](O)[C@@H](C)[C@@H](/C(C)=C/[C@@H]2CC[C@@H](O)[C@H](OC)C2)OC(=O)[C@@H]2CCCCN2C(=O)C(=O)[C@]2(O)O[C@H]1C(OC)C[C@H]2C. The number of ketones is 2. The summed E-state index contributed by atoms with van der Waals surface area (Å²) in [6.45, 7) is 9.36. The lowest BCUT2D eigenvalue weighted by Gasteiger charge is -2.47. The van der Waals surface area contributed by atoms with Crippen LogP contribution in [0.15, 0.2) is 47.8 Å². The molecule has 3 aliphatic heterocycles. The van der Waals surface area contributed by atoms with Crippen molar-refractivity contribution in [1.29, 1.82) is 0 Å². The van der Waals surface area contributed by atoms with Crippen molar-refractivity contribution in [2.75, 3.05) is 27.9 Å². The Balaban J connectivity index is 1.54. The first kappa shape index (κ1) is 50.6. The van der Waals surface area contributed by atoms with Gasteiger partial charge in [0.15, 0.2) is 0 Å². The third-order valence-corrected chi connectivity index (χ3v) is 14.2. The largest absolute Gasteiger partial charge is 0.456 e. The molecule has 14 nitrogen and oxygen atoms in total. The number of Topliss-reactive ketones (excluding diaryl/α,β-unsaturated/α-hetero) is 2. The number of aliphatic hydroxyl groups is 3. The van der Waals surface area contributed by atoms with E-state index in [-0.39, 0.29) is 49.5 Å². The first-order valence-electron chi connectivity index (χ1n) is 23.2. The van der Waals surface area contributed by atoms with Gasteiger partial charge in [-0.25, -0.2) is 4.79 Å². The van der Waals surface area contributed by atoms with E-state index in [0.717, 1.165) is 24.0 Å². The maximum Gasteiger partial charge on any atom is 0.329 e. The number of carbonyl (C=O) groups is 4. The highest BCUT2D eigenvalue weighted by atomic mass is 16.7. The quantitative estimate of drug-likeness (QED) is 0.161. The fourth-order valence-electron chi connectivity index (χ4n) is 10.4. The van der Waals surface area contributed by atoms with E-state index in [2.05, 4.69) is 11.9 Å². The van der Waals surface area contributed by atoms with E-state index in [1.165, 1.54) is 19.1 Å². The third-order valence-electron chi connectivity index (χ3n) is 14.2. The zero-order valence-corrected chi connectivity index (χ0v) is 38.8. The number of pyridine rings is 1. The molecule has 2 saturated heterocycles. The summed E-state index contributed by atoms with van der Waals surface area (Å²) < 4.78 is 30.0. The summed E-state index contributed by atoms with van der Waals surface area (Å²) in [5.41, 5.74) is 2.76. The highest BCUT2D eigenvalue weighted by Gasteiger charge is 2.56. The molecule has 63 heavy (non-hydrogen) atoms. The van der Waals surface area contributed by atoms with Crippen molar-refractivity contribution in [1.82, 2.24) is 9.88 Å². The van der Waals surface area contributed by atoms with Crippen LogP contribution in [0.5, 0.6) is 0 Å². The van der Waals surface area contributed by atoms with Crippen LogP contribution in [-0.4, -0.2) is 131 Å². The molecule has 3 fully saturated rings. The molecule has 2 bridgehead atoms. The lowest BCUT2D eigenvalue weighted by atomic mass is 9.81. The lowest BCUT2D eigenvalue weighted by Crippen LogP contribution is -2.64. The van der Waals surface area contributed by atoms with Crippen LogP contribution in [0, 0.1) is 29.6 Å². The van der Waals surface area contributed by atoms with E-state index in [1.807, 2.05) is 38.1 Å². The van der Waals surface area contributed by atoms with Crippen LogP contribution in [0.25, 0.3) is 0 Å². The summed E-state index contributed by atoms with van der Waals surface area (Å²) in [5.74, 6) is -7.69. The number of methoxy groups -OCH3 is 3. The fraction of sp³-hybridized carbons (Fsp3) is 0.735. The van der Waals surface area contributed by atoms with E-state index in [0.29, 0.717) is 56.9 Å². The van der Waals surface area contributed by atoms with Gasteiger partial charge in [-0.15, -0.1) is 0 Å². The van der Waals surface area contributed by atoms with Gasteiger partial charge in [0.05, 0.1) is 30.5 Å². The number of aromatic nitrogens is 1. The first-order valence-corrected chi connectivity index (χ1v) is 23.2. The number of piperidine rings is 1. The third kappa shape index (κ3) is 12.7. The molecule has 0 aromatic carbocycles. The van der Waals surface area contributed by atoms with Crippen molar-refractivity contribution in [3.63, 3.8) is 0 Å².